The molecule has 1 heterocycles. The average Bonchev–Trinajstić information content (AvgIpc) is 2.31. The predicted molar refractivity (Wildman–Crippen MR) is 65.9 cm³/mol. The van der Waals surface area contributed by atoms with Crippen LogP contribution in [-0.4, -0.2) is 13.1 Å². The fraction of sp³-hybridized carbons (Fsp3) is 0.429. The maximum absolute atomic E-state index is 3.38. The lowest BCUT2D eigenvalue weighted by atomic mass is 10.0. The number of hydrogen-bond acceptors (Lipinski definition) is 1. The number of hydrogen-bond donors (Lipinski definition) is 1. The first-order chi connectivity index (χ1) is 7.38. The third-order valence-electron chi connectivity index (χ3n) is 3.00. The summed E-state index contributed by atoms with van der Waals surface area (Å²) >= 11 is 0. The molecule has 0 unspecified atom stereocenters. The second-order valence-electron chi connectivity index (χ2n) is 4.15. The van der Waals surface area contributed by atoms with Gasteiger partial charge in [0.05, 0.1) is 0 Å². The summed E-state index contributed by atoms with van der Waals surface area (Å²) in [6.07, 6.45) is 5.88. The van der Waals surface area contributed by atoms with Gasteiger partial charge in [-0.3, -0.25) is 0 Å². The van der Waals surface area contributed by atoms with Crippen molar-refractivity contribution >= 4 is 6.08 Å². The van der Waals surface area contributed by atoms with Gasteiger partial charge in [0.25, 0.3) is 0 Å². The molecule has 1 aromatic rings. The first-order valence-electron chi connectivity index (χ1n) is 5.87. The number of aryl methyl sites for hydroxylation is 1. The van der Waals surface area contributed by atoms with Gasteiger partial charge in [-0.25, -0.2) is 0 Å². The van der Waals surface area contributed by atoms with Gasteiger partial charge < -0.3 is 5.32 Å². The third kappa shape index (κ3) is 2.93. The van der Waals surface area contributed by atoms with Crippen LogP contribution in [0.3, 0.4) is 0 Å². The molecule has 0 saturated carbocycles. The second-order valence-corrected chi connectivity index (χ2v) is 4.15. The lowest BCUT2D eigenvalue weighted by Crippen LogP contribution is -2.22. The lowest BCUT2D eigenvalue weighted by Gasteiger charge is -2.15. The van der Waals surface area contributed by atoms with Crippen LogP contribution in [0, 0.1) is 0 Å². The van der Waals surface area contributed by atoms with Crippen LogP contribution in [0.4, 0.5) is 0 Å². The largest absolute Gasteiger partial charge is 0.316 e. The molecule has 1 N–H and O–H groups in total. The number of benzene rings is 1. The fourth-order valence-corrected chi connectivity index (χ4v) is 1.98. The standard InChI is InChI=1S/C14H19N/c1-2-12-3-5-13(6-4-12)11-14-7-9-15-10-8-14/h3-6,11,15H,2,7-10H2,1H3. The SMILES string of the molecule is CCc1ccc(C=C2CCNCC2)cc1. The van der Waals surface area contributed by atoms with Gasteiger partial charge in [0.1, 0.15) is 0 Å². The molecule has 1 aliphatic heterocycles. The molecule has 0 aromatic heterocycles. The first-order valence-corrected chi connectivity index (χ1v) is 5.87. The van der Waals surface area contributed by atoms with Gasteiger partial charge in [-0.05, 0) is 43.5 Å². The molecule has 1 aliphatic rings. The second kappa shape index (κ2) is 5.13. The van der Waals surface area contributed by atoms with E-state index in [2.05, 4.69) is 42.6 Å². The third-order valence-corrected chi connectivity index (χ3v) is 3.00. The van der Waals surface area contributed by atoms with E-state index in [-0.39, 0.29) is 0 Å². The zero-order chi connectivity index (χ0) is 10.5. The fourth-order valence-electron chi connectivity index (χ4n) is 1.98. The number of rotatable bonds is 2. The molecule has 0 amide bonds. The van der Waals surface area contributed by atoms with Crippen LogP contribution in [0.15, 0.2) is 29.8 Å². The Morgan fingerprint density at radius 1 is 1.13 bits per heavy atom. The molecule has 0 radical (unpaired) electrons. The highest BCUT2D eigenvalue weighted by atomic mass is 14.9. The van der Waals surface area contributed by atoms with E-state index in [1.807, 2.05) is 0 Å². The normalized spacial score (nSPS) is 16.5. The van der Waals surface area contributed by atoms with Crippen LogP contribution in [-0.2, 0) is 6.42 Å². The minimum absolute atomic E-state index is 1.13. The van der Waals surface area contributed by atoms with Crippen LogP contribution in [0.5, 0.6) is 0 Å². The summed E-state index contributed by atoms with van der Waals surface area (Å²) in [5.74, 6) is 0. The molecule has 0 aliphatic carbocycles. The highest BCUT2D eigenvalue weighted by Gasteiger charge is 2.03. The summed E-state index contributed by atoms with van der Waals surface area (Å²) < 4.78 is 0. The van der Waals surface area contributed by atoms with Crippen molar-refractivity contribution in [3.63, 3.8) is 0 Å². The Bertz CT molecular complexity index is 327. The topological polar surface area (TPSA) is 12.0 Å². The van der Waals surface area contributed by atoms with E-state index in [0.717, 1.165) is 19.5 Å². The van der Waals surface area contributed by atoms with E-state index in [4.69, 9.17) is 0 Å². The van der Waals surface area contributed by atoms with Crippen LogP contribution in [0.25, 0.3) is 6.08 Å². The molecule has 15 heavy (non-hydrogen) atoms. The van der Waals surface area contributed by atoms with E-state index < -0.39 is 0 Å². The Morgan fingerprint density at radius 2 is 1.80 bits per heavy atom. The zero-order valence-electron chi connectivity index (χ0n) is 9.42. The van der Waals surface area contributed by atoms with E-state index in [1.54, 1.807) is 5.57 Å². The minimum atomic E-state index is 1.13. The molecule has 0 spiro atoms. The Hall–Kier alpha value is -1.08. The van der Waals surface area contributed by atoms with Gasteiger partial charge >= 0.3 is 0 Å². The van der Waals surface area contributed by atoms with Gasteiger partial charge in [0.15, 0.2) is 0 Å². The smallest absolute Gasteiger partial charge is 0.00113 e. The Labute approximate surface area is 92.2 Å². The highest BCUT2D eigenvalue weighted by Crippen LogP contribution is 2.15. The van der Waals surface area contributed by atoms with Crippen molar-refractivity contribution in [1.82, 2.24) is 5.32 Å². The van der Waals surface area contributed by atoms with Gasteiger partial charge in [-0.2, -0.15) is 0 Å². The van der Waals surface area contributed by atoms with Crippen LogP contribution in [0.1, 0.15) is 30.9 Å². The molecule has 2 rings (SSSR count). The Kier molecular flexibility index (Phi) is 3.57. The van der Waals surface area contributed by atoms with E-state index in [1.165, 1.54) is 24.0 Å². The summed E-state index contributed by atoms with van der Waals surface area (Å²) in [6, 6.07) is 8.92. The van der Waals surface area contributed by atoms with Crippen molar-refractivity contribution in [1.29, 1.82) is 0 Å². The average molecular weight is 201 g/mol. The van der Waals surface area contributed by atoms with Crippen molar-refractivity contribution in [3.8, 4) is 0 Å². The molecule has 1 nitrogen and oxygen atoms in total. The monoisotopic (exact) mass is 201 g/mol. The van der Waals surface area contributed by atoms with E-state index >= 15 is 0 Å². The van der Waals surface area contributed by atoms with E-state index in [0.29, 0.717) is 0 Å². The van der Waals surface area contributed by atoms with Crippen LogP contribution >= 0.6 is 0 Å². The van der Waals surface area contributed by atoms with Gasteiger partial charge in [-0.1, -0.05) is 42.8 Å². The van der Waals surface area contributed by atoms with Crippen molar-refractivity contribution < 1.29 is 0 Å². The van der Waals surface area contributed by atoms with Crippen LogP contribution in [0.2, 0.25) is 0 Å². The zero-order valence-corrected chi connectivity index (χ0v) is 9.42. The van der Waals surface area contributed by atoms with Gasteiger partial charge in [-0.15, -0.1) is 0 Å². The lowest BCUT2D eigenvalue weighted by molar-refractivity contribution is 0.613. The summed E-state index contributed by atoms with van der Waals surface area (Å²) in [5.41, 5.74) is 4.35. The minimum Gasteiger partial charge on any atom is -0.316 e. The summed E-state index contributed by atoms with van der Waals surface area (Å²) in [7, 11) is 0. The maximum atomic E-state index is 3.38. The Balaban J connectivity index is 2.08. The van der Waals surface area contributed by atoms with Crippen molar-refractivity contribution in [3.05, 3.63) is 41.0 Å². The Morgan fingerprint density at radius 3 is 2.40 bits per heavy atom. The maximum Gasteiger partial charge on any atom is -0.00113 e. The molecule has 1 fully saturated rings. The molecule has 1 saturated heterocycles. The summed E-state index contributed by atoms with van der Waals surface area (Å²) in [5, 5.41) is 3.38. The van der Waals surface area contributed by atoms with Gasteiger partial charge in [0, 0.05) is 0 Å². The summed E-state index contributed by atoms with van der Waals surface area (Å²) in [4.78, 5) is 0. The molecule has 1 heteroatoms. The molecular weight excluding hydrogens is 182 g/mol. The molecule has 0 bridgehead atoms. The molecule has 1 aromatic carbocycles. The number of nitrogens with one attached hydrogen (secondary N) is 1. The van der Waals surface area contributed by atoms with Crippen molar-refractivity contribution in [2.45, 2.75) is 26.2 Å². The highest BCUT2D eigenvalue weighted by molar-refractivity contribution is 5.53. The molecule has 0 atom stereocenters. The summed E-state index contributed by atoms with van der Waals surface area (Å²) in [6.45, 7) is 4.47. The predicted octanol–water partition coefficient (Wildman–Crippen LogP) is 3.02. The van der Waals surface area contributed by atoms with Crippen molar-refractivity contribution in [2.75, 3.05) is 13.1 Å². The molecular formula is C14H19N. The quantitative estimate of drug-likeness (QED) is 0.775. The number of piperidine rings is 1. The van der Waals surface area contributed by atoms with Crippen LogP contribution < -0.4 is 5.32 Å². The van der Waals surface area contributed by atoms with Gasteiger partial charge in [0.2, 0.25) is 0 Å². The molecule has 80 valence electrons. The van der Waals surface area contributed by atoms with Crippen molar-refractivity contribution in [2.24, 2.45) is 0 Å². The van der Waals surface area contributed by atoms with E-state index in [9.17, 15) is 0 Å². The first kappa shape index (κ1) is 10.4.